The molecule has 0 radical (unpaired) electrons. The molecular weight excluding hydrogens is 164 g/mol. The third kappa shape index (κ3) is 3.74. The molecule has 0 saturated heterocycles. The largest absolute Gasteiger partial charge is 0.481 e. The first-order valence-corrected chi connectivity index (χ1v) is 3.97. The minimum absolute atomic E-state index is 0. The number of rotatable bonds is 3. The van der Waals surface area contributed by atoms with Gasteiger partial charge in [0.05, 0.1) is 5.92 Å². The summed E-state index contributed by atoms with van der Waals surface area (Å²) in [6, 6.07) is 9.65. The van der Waals surface area contributed by atoms with E-state index >= 15 is 0 Å². The van der Waals surface area contributed by atoms with Gasteiger partial charge in [-0.2, -0.15) is 0 Å². The van der Waals surface area contributed by atoms with Crippen molar-refractivity contribution in [3.8, 4) is 0 Å². The van der Waals surface area contributed by atoms with Crippen LogP contribution in [0.25, 0.3) is 0 Å². The Kier molecular flexibility index (Phi) is 4.82. The Balaban J connectivity index is 0.00000144. The molecule has 1 aromatic carbocycles. The second kappa shape index (κ2) is 5.36. The van der Waals surface area contributed by atoms with Crippen LogP contribution in [0.1, 0.15) is 19.9 Å². The van der Waals surface area contributed by atoms with Gasteiger partial charge < -0.3 is 5.11 Å². The van der Waals surface area contributed by atoms with Gasteiger partial charge in [0.25, 0.3) is 0 Å². The highest BCUT2D eigenvalue weighted by Gasteiger charge is 2.10. The van der Waals surface area contributed by atoms with Crippen molar-refractivity contribution in [3.63, 3.8) is 0 Å². The Bertz CT molecular complexity index is 254. The van der Waals surface area contributed by atoms with E-state index in [-0.39, 0.29) is 13.3 Å². The van der Waals surface area contributed by atoms with Crippen LogP contribution in [0.5, 0.6) is 0 Å². The van der Waals surface area contributed by atoms with Gasteiger partial charge in [-0.05, 0) is 12.0 Å². The van der Waals surface area contributed by atoms with Gasteiger partial charge in [-0.3, -0.25) is 4.79 Å². The molecule has 0 spiro atoms. The molecule has 1 aromatic rings. The summed E-state index contributed by atoms with van der Waals surface area (Å²) >= 11 is 0. The number of hydrogen-bond donors (Lipinski definition) is 1. The lowest BCUT2D eigenvalue weighted by Gasteiger charge is -2.04. The summed E-state index contributed by atoms with van der Waals surface area (Å²) < 4.78 is 0. The van der Waals surface area contributed by atoms with E-state index in [4.69, 9.17) is 5.11 Å². The van der Waals surface area contributed by atoms with Gasteiger partial charge in [0.2, 0.25) is 0 Å². The van der Waals surface area contributed by atoms with E-state index in [1.807, 2.05) is 30.3 Å². The predicted molar refractivity (Wildman–Crippen MR) is 53.7 cm³/mol. The van der Waals surface area contributed by atoms with Crippen molar-refractivity contribution in [1.82, 2.24) is 0 Å². The zero-order valence-corrected chi connectivity index (χ0v) is 7.03. The smallest absolute Gasteiger partial charge is 0.306 e. The molecule has 0 amide bonds. The van der Waals surface area contributed by atoms with Crippen molar-refractivity contribution in [2.24, 2.45) is 5.92 Å². The molecule has 1 unspecified atom stereocenters. The van der Waals surface area contributed by atoms with Gasteiger partial charge in [0, 0.05) is 0 Å². The lowest BCUT2D eigenvalue weighted by molar-refractivity contribution is -0.141. The summed E-state index contributed by atoms with van der Waals surface area (Å²) in [4.78, 5) is 10.5. The maximum absolute atomic E-state index is 10.5. The quantitative estimate of drug-likeness (QED) is 0.776. The van der Waals surface area contributed by atoms with E-state index in [0.29, 0.717) is 6.42 Å². The molecular formula is C11H16O2. The van der Waals surface area contributed by atoms with Gasteiger partial charge in [-0.1, -0.05) is 44.7 Å². The first-order valence-electron chi connectivity index (χ1n) is 3.97. The summed E-state index contributed by atoms with van der Waals surface area (Å²) in [6.07, 6.45) is 0.607. The molecule has 0 aliphatic carbocycles. The van der Waals surface area contributed by atoms with Crippen molar-refractivity contribution < 1.29 is 9.90 Å². The van der Waals surface area contributed by atoms with E-state index < -0.39 is 5.97 Å². The van der Waals surface area contributed by atoms with Crippen LogP contribution < -0.4 is 0 Å². The van der Waals surface area contributed by atoms with E-state index in [1.165, 1.54) is 0 Å². The Morgan fingerprint density at radius 2 is 1.92 bits per heavy atom. The molecule has 2 nitrogen and oxygen atoms in total. The summed E-state index contributed by atoms with van der Waals surface area (Å²) in [5.41, 5.74) is 1.08. The summed E-state index contributed by atoms with van der Waals surface area (Å²) in [7, 11) is 0. The van der Waals surface area contributed by atoms with Crippen LogP contribution in [0.3, 0.4) is 0 Å². The number of benzene rings is 1. The van der Waals surface area contributed by atoms with Crippen LogP contribution in [0.15, 0.2) is 30.3 Å². The third-order valence-electron chi connectivity index (χ3n) is 1.81. The molecule has 2 heteroatoms. The Morgan fingerprint density at radius 1 is 1.38 bits per heavy atom. The first kappa shape index (κ1) is 11.7. The molecule has 13 heavy (non-hydrogen) atoms. The number of carbonyl (C=O) groups is 1. The van der Waals surface area contributed by atoms with Gasteiger partial charge in [0.15, 0.2) is 0 Å². The number of hydrogen-bond acceptors (Lipinski definition) is 1. The van der Waals surface area contributed by atoms with Gasteiger partial charge in [0.1, 0.15) is 0 Å². The normalized spacial score (nSPS) is 11.5. The monoisotopic (exact) mass is 180 g/mol. The lowest BCUT2D eigenvalue weighted by Crippen LogP contribution is -2.11. The fourth-order valence-corrected chi connectivity index (χ4v) is 1.05. The summed E-state index contributed by atoms with van der Waals surface area (Å²) in [5, 5.41) is 8.64. The summed E-state index contributed by atoms with van der Waals surface area (Å²) in [5.74, 6) is -1.04. The van der Waals surface area contributed by atoms with Crippen LogP contribution >= 0.6 is 0 Å². The Morgan fingerprint density at radius 3 is 2.38 bits per heavy atom. The maximum atomic E-state index is 10.5. The maximum Gasteiger partial charge on any atom is 0.306 e. The van der Waals surface area contributed by atoms with Crippen LogP contribution in [-0.2, 0) is 11.2 Å². The van der Waals surface area contributed by atoms with Gasteiger partial charge in [-0.15, -0.1) is 0 Å². The Hall–Kier alpha value is -1.31. The molecule has 0 fully saturated rings. The molecule has 0 aliphatic rings. The minimum atomic E-state index is -0.737. The number of aliphatic carboxylic acids is 1. The zero-order chi connectivity index (χ0) is 8.97. The van der Waals surface area contributed by atoms with Crippen molar-refractivity contribution in [2.45, 2.75) is 20.8 Å². The van der Waals surface area contributed by atoms with Crippen LogP contribution in [0.2, 0.25) is 0 Å². The second-order valence-electron chi connectivity index (χ2n) is 2.93. The summed E-state index contributed by atoms with van der Waals surface area (Å²) in [6.45, 7) is 1.72. The average Bonchev–Trinajstić information content (AvgIpc) is 2.06. The van der Waals surface area contributed by atoms with E-state index in [0.717, 1.165) is 5.56 Å². The fourth-order valence-electron chi connectivity index (χ4n) is 1.05. The predicted octanol–water partition coefficient (Wildman–Crippen LogP) is 2.59. The SMILES string of the molecule is C.CC(Cc1ccccc1)C(=O)O. The molecule has 0 bridgehead atoms. The first-order chi connectivity index (χ1) is 5.70. The average molecular weight is 180 g/mol. The van der Waals surface area contributed by atoms with Gasteiger partial charge >= 0.3 is 5.97 Å². The van der Waals surface area contributed by atoms with E-state index in [2.05, 4.69) is 0 Å². The molecule has 0 saturated carbocycles. The van der Waals surface area contributed by atoms with Gasteiger partial charge in [-0.25, -0.2) is 0 Å². The standard InChI is InChI=1S/C10H12O2.CH4/c1-8(10(11)12)7-9-5-3-2-4-6-9;/h2-6,8H,7H2,1H3,(H,11,12);1H4. The van der Waals surface area contributed by atoms with Crippen molar-refractivity contribution in [3.05, 3.63) is 35.9 Å². The Labute approximate surface area is 79.2 Å². The van der Waals surface area contributed by atoms with Crippen LogP contribution in [0, 0.1) is 5.92 Å². The van der Waals surface area contributed by atoms with Crippen molar-refractivity contribution in [1.29, 1.82) is 0 Å². The molecule has 72 valence electrons. The number of carboxylic acids is 1. The molecule has 0 aliphatic heterocycles. The highest BCUT2D eigenvalue weighted by atomic mass is 16.4. The van der Waals surface area contributed by atoms with Crippen molar-refractivity contribution >= 4 is 5.97 Å². The number of carboxylic acid groups (broad SMARTS) is 1. The fraction of sp³-hybridized carbons (Fsp3) is 0.364. The van der Waals surface area contributed by atoms with Crippen LogP contribution in [0.4, 0.5) is 0 Å². The molecule has 0 aromatic heterocycles. The van der Waals surface area contributed by atoms with Crippen LogP contribution in [-0.4, -0.2) is 11.1 Å². The third-order valence-corrected chi connectivity index (χ3v) is 1.81. The molecule has 1 rings (SSSR count). The van der Waals surface area contributed by atoms with E-state index in [9.17, 15) is 4.79 Å². The zero-order valence-electron chi connectivity index (χ0n) is 7.03. The minimum Gasteiger partial charge on any atom is -0.481 e. The lowest BCUT2D eigenvalue weighted by atomic mass is 10.0. The highest BCUT2D eigenvalue weighted by Crippen LogP contribution is 2.07. The molecule has 0 heterocycles. The van der Waals surface area contributed by atoms with Crippen molar-refractivity contribution in [2.75, 3.05) is 0 Å². The van der Waals surface area contributed by atoms with E-state index in [1.54, 1.807) is 6.92 Å². The second-order valence-corrected chi connectivity index (χ2v) is 2.93. The highest BCUT2D eigenvalue weighted by molar-refractivity contribution is 5.69. The molecule has 1 N–H and O–H groups in total. The topological polar surface area (TPSA) is 37.3 Å². The molecule has 1 atom stereocenters.